The third-order valence-corrected chi connectivity index (χ3v) is 4.52. The Labute approximate surface area is 176 Å². The Morgan fingerprint density at radius 2 is 1.94 bits per heavy atom. The molecule has 0 saturated heterocycles. The number of hydrogen-bond acceptors (Lipinski definition) is 7. The molecule has 2 aromatic carbocycles. The number of rotatable bonds is 8. The summed E-state index contributed by atoms with van der Waals surface area (Å²) in [6.45, 7) is 0. The van der Waals surface area contributed by atoms with Gasteiger partial charge in [0.25, 0.3) is 0 Å². The SMILES string of the molecule is COC(=O)CC(Cc1ccc(-c2cc(F)ccc2OC)cc1)NC(=O)c1n[nH]c(=O)o1. The highest BCUT2D eigenvalue weighted by molar-refractivity contribution is 5.89. The number of H-pyrrole nitrogens is 1. The molecule has 1 atom stereocenters. The molecule has 0 radical (unpaired) electrons. The van der Waals surface area contributed by atoms with Gasteiger partial charge in [-0.1, -0.05) is 24.3 Å². The first-order chi connectivity index (χ1) is 14.9. The van der Waals surface area contributed by atoms with Crippen molar-refractivity contribution in [3.8, 4) is 16.9 Å². The molecule has 0 aliphatic heterocycles. The van der Waals surface area contributed by atoms with Gasteiger partial charge >= 0.3 is 23.5 Å². The molecule has 0 aliphatic rings. The second-order valence-electron chi connectivity index (χ2n) is 6.61. The zero-order chi connectivity index (χ0) is 22.4. The number of aromatic nitrogens is 2. The van der Waals surface area contributed by atoms with Crippen LogP contribution < -0.4 is 15.8 Å². The number of amides is 1. The number of nitrogens with zero attached hydrogens (tertiary/aromatic N) is 1. The number of benzene rings is 2. The molecule has 1 heterocycles. The zero-order valence-corrected chi connectivity index (χ0v) is 16.8. The topological polar surface area (TPSA) is 124 Å². The molecule has 0 saturated carbocycles. The van der Waals surface area contributed by atoms with Crippen LogP contribution in [0.25, 0.3) is 11.1 Å². The summed E-state index contributed by atoms with van der Waals surface area (Å²) in [5.74, 6) is -2.41. The highest BCUT2D eigenvalue weighted by Gasteiger charge is 2.21. The maximum atomic E-state index is 13.7. The first kappa shape index (κ1) is 21.8. The number of methoxy groups -OCH3 is 2. The minimum Gasteiger partial charge on any atom is -0.496 e. The summed E-state index contributed by atoms with van der Waals surface area (Å²) < 4.78 is 28.3. The third kappa shape index (κ3) is 5.56. The van der Waals surface area contributed by atoms with Crippen molar-refractivity contribution in [2.24, 2.45) is 0 Å². The Morgan fingerprint density at radius 3 is 2.55 bits per heavy atom. The first-order valence-corrected chi connectivity index (χ1v) is 9.25. The van der Waals surface area contributed by atoms with Crippen LogP contribution in [-0.4, -0.2) is 42.3 Å². The molecule has 31 heavy (non-hydrogen) atoms. The van der Waals surface area contributed by atoms with E-state index in [1.807, 2.05) is 5.10 Å². The van der Waals surface area contributed by atoms with Gasteiger partial charge < -0.3 is 19.2 Å². The lowest BCUT2D eigenvalue weighted by atomic mass is 9.98. The average Bonchev–Trinajstić information content (AvgIpc) is 3.20. The van der Waals surface area contributed by atoms with Crippen molar-refractivity contribution >= 4 is 11.9 Å². The minimum absolute atomic E-state index is 0.101. The van der Waals surface area contributed by atoms with Crippen LogP contribution in [0.3, 0.4) is 0 Å². The molecule has 10 heteroatoms. The predicted molar refractivity (Wildman–Crippen MR) is 107 cm³/mol. The summed E-state index contributed by atoms with van der Waals surface area (Å²) >= 11 is 0. The molecular formula is C21H20FN3O6. The van der Waals surface area contributed by atoms with Crippen LogP contribution in [0.4, 0.5) is 4.39 Å². The number of ether oxygens (including phenoxy) is 2. The standard InChI is InChI=1S/C21H20FN3O6/c1-29-17-8-7-14(22)10-16(17)13-5-3-12(4-6-13)9-15(11-18(26)30-2)23-19(27)20-24-25-21(28)31-20/h3-8,10,15H,9,11H2,1-2H3,(H,23,27)(H,25,28). The van der Waals surface area contributed by atoms with Crippen LogP contribution in [0.1, 0.15) is 22.7 Å². The highest BCUT2D eigenvalue weighted by atomic mass is 19.1. The summed E-state index contributed by atoms with van der Waals surface area (Å²) in [5, 5.41) is 8.07. The molecule has 0 spiro atoms. The van der Waals surface area contributed by atoms with Gasteiger partial charge in [-0.25, -0.2) is 14.3 Å². The Hall–Kier alpha value is -3.95. The number of hydrogen-bond donors (Lipinski definition) is 2. The summed E-state index contributed by atoms with van der Waals surface area (Å²) in [7, 11) is 2.75. The van der Waals surface area contributed by atoms with E-state index in [1.165, 1.54) is 26.4 Å². The number of halogens is 1. The first-order valence-electron chi connectivity index (χ1n) is 9.25. The summed E-state index contributed by atoms with van der Waals surface area (Å²) in [5.41, 5.74) is 2.14. The maximum Gasteiger partial charge on any atom is 0.434 e. The summed E-state index contributed by atoms with van der Waals surface area (Å²) in [4.78, 5) is 35.0. The fourth-order valence-corrected chi connectivity index (χ4v) is 3.04. The van der Waals surface area contributed by atoms with Crippen LogP contribution in [0.2, 0.25) is 0 Å². The van der Waals surface area contributed by atoms with Crippen molar-refractivity contribution in [1.82, 2.24) is 15.5 Å². The molecule has 1 unspecified atom stereocenters. The normalized spacial score (nSPS) is 11.6. The van der Waals surface area contributed by atoms with E-state index in [2.05, 4.69) is 19.6 Å². The lowest BCUT2D eigenvalue weighted by Crippen LogP contribution is -2.38. The minimum atomic E-state index is -0.863. The van der Waals surface area contributed by atoms with Gasteiger partial charge in [0.15, 0.2) is 0 Å². The van der Waals surface area contributed by atoms with Crippen molar-refractivity contribution in [3.05, 3.63) is 70.3 Å². The molecule has 0 aliphatic carbocycles. The number of nitrogens with one attached hydrogen (secondary N) is 2. The number of carbonyl (C=O) groups is 2. The fourth-order valence-electron chi connectivity index (χ4n) is 3.04. The van der Waals surface area contributed by atoms with E-state index in [4.69, 9.17) is 4.74 Å². The molecule has 1 amide bonds. The van der Waals surface area contributed by atoms with Crippen molar-refractivity contribution < 1.29 is 27.9 Å². The van der Waals surface area contributed by atoms with E-state index >= 15 is 0 Å². The van der Waals surface area contributed by atoms with Crippen LogP contribution in [0.5, 0.6) is 5.75 Å². The fraction of sp³-hybridized carbons (Fsp3) is 0.238. The van der Waals surface area contributed by atoms with Gasteiger partial charge in [0.2, 0.25) is 0 Å². The van der Waals surface area contributed by atoms with E-state index in [9.17, 15) is 18.8 Å². The van der Waals surface area contributed by atoms with Crippen LogP contribution >= 0.6 is 0 Å². The molecule has 1 aromatic heterocycles. The smallest absolute Gasteiger partial charge is 0.434 e. The lowest BCUT2D eigenvalue weighted by Gasteiger charge is -2.17. The molecule has 162 valence electrons. The van der Waals surface area contributed by atoms with Gasteiger partial charge in [-0.2, -0.15) is 0 Å². The Morgan fingerprint density at radius 1 is 1.19 bits per heavy atom. The monoisotopic (exact) mass is 429 g/mol. The summed E-state index contributed by atoms with van der Waals surface area (Å²) in [6.07, 6.45) is 0.187. The van der Waals surface area contributed by atoms with Crippen molar-refractivity contribution in [2.75, 3.05) is 14.2 Å². The van der Waals surface area contributed by atoms with Gasteiger partial charge in [0.05, 0.1) is 20.6 Å². The van der Waals surface area contributed by atoms with Gasteiger partial charge in [0.1, 0.15) is 11.6 Å². The molecule has 0 fully saturated rings. The second-order valence-corrected chi connectivity index (χ2v) is 6.61. The Kier molecular flexibility index (Phi) is 6.81. The average molecular weight is 429 g/mol. The van der Waals surface area contributed by atoms with E-state index in [1.54, 1.807) is 30.3 Å². The van der Waals surface area contributed by atoms with Gasteiger partial charge in [0, 0.05) is 11.6 Å². The molecule has 9 nitrogen and oxygen atoms in total. The Balaban J connectivity index is 1.77. The predicted octanol–water partition coefficient (Wildman–Crippen LogP) is 2.08. The third-order valence-electron chi connectivity index (χ3n) is 4.52. The Bertz CT molecular complexity index is 1120. The number of esters is 1. The lowest BCUT2D eigenvalue weighted by molar-refractivity contribution is -0.141. The largest absolute Gasteiger partial charge is 0.496 e. The molecule has 0 bridgehead atoms. The van der Waals surface area contributed by atoms with E-state index in [-0.39, 0.29) is 18.7 Å². The van der Waals surface area contributed by atoms with Gasteiger partial charge in [-0.15, -0.1) is 5.10 Å². The highest BCUT2D eigenvalue weighted by Crippen LogP contribution is 2.30. The number of aromatic amines is 1. The van der Waals surface area contributed by atoms with E-state index in [0.717, 1.165) is 11.1 Å². The van der Waals surface area contributed by atoms with E-state index < -0.39 is 29.6 Å². The molecule has 3 aromatic rings. The zero-order valence-electron chi connectivity index (χ0n) is 16.8. The van der Waals surface area contributed by atoms with Gasteiger partial charge in [-0.05, 0) is 35.7 Å². The van der Waals surface area contributed by atoms with Crippen LogP contribution in [0.15, 0.2) is 51.7 Å². The quantitative estimate of drug-likeness (QED) is 0.526. The molecular weight excluding hydrogens is 409 g/mol. The molecule has 3 rings (SSSR count). The second kappa shape index (κ2) is 9.70. The van der Waals surface area contributed by atoms with Gasteiger partial charge in [-0.3, -0.25) is 9.59 Å². The van der Waals surface area contributed by atoms with E-state index in [0.29, 0.717) is 11.3 Å². The van der Waals surface area contributed by atoms with Crippen LogP contribution in [-0.2, 0) is 16.0 Å². The maximum absolute atomic E-state index is 13.7. The van der Waals surface area contributed by atoms with Crippen LogP contribution in [0, 0.1) is 5.82 Å². The van der Waals surface area contributed by atoms with Crippen molar-refractivity contribution in [1.29, 1.82) is 0 Å². The summed E-state index contributed by atoms with van der Waals surface area (Å²) in [6, 6.07) is 10.8. The number of carbonyl (C=O) groups excluding carboxylic acids is 2. The van der Waals surface area contributed by atoms with Crippen molar-refractivity contribution in [3.63, 3.8) is 0 Å². The van der Waals surface area contributed by atoms with Crippen molar-refractivity contribution in [2.45, 2.75) is 18.9 Å². The molecule has 2 N–H and O–H groups in total.